The SMILES string of the molecule is O=C(Nc1cnc(Cl)c(Br)c1)c1cc(F)cnc1Cl. The highest BCUT2D eigenvalue weighted by molar-refractivity contribution is 9.10. The third-order valence-electron chi connectivity index (χ3n) is 2.10. The van der Waals surface area contributed by atoms with Crippen molar-refractivity contribution in [1.29, 1.82) is 0 Å². The minimum absolute atomic E-state index is 0.0623. The summed E-state index contributed by atoms with van der Waals surface area (Å²) in [5.41, 5.74) is 0.328. The molecule has 98 valence electrons. The van der Waals surface area contributed by atoms with Crippen LogP contribution in [0.4, 0.5) is 10.1 Å². The Morgan fingerprint density at radius 2 is 1.89 bits per heavy atom. The average molecular weight is 365 g/mol. The average Bonchev–Trinajstić information content (AvgIpc) is 2.36. The maximum absolute atomic E-state index is 13.0. The number of hydrogen-bond acceptors (Lipinski definition) is 3. The number of halogens is 4. The van der Waals surface area contributed by atoms with Gasteiger partial charge in [0.15, 0.2) is 0 Å². The smallest absolute Gasteiger partial charge is 0.258 e. The zero-order valence-corrected chi connectivity index (χ0v) is 12.2. The van der Waals surface area contributed by atoms with Crippen LogP contribution in [0.5, 0.6) is 0 Å². The van der Waals surface area contributed by atoms with Crippen LogP contribution in [0.25, 0.3) is 0 Å². The van der Waals surface area contributed by atoms with Gasteiger partial charge in [-0.3, -0.25) is 4.79 Å². The minimum Gasteiger partial charge on any atom is -0.320 e. The molecule has 0 atom stereocenters. The van der Waals surface area contributed by atoms with Crippen LogP contribution in [0.15, 0.2) is 29.0 Å². The van der Waals surface area contributed by atoms with Gasteiger partial charge in [0.05, 0.1) is 28.1 Å². The standard InChI is InChI=1S/C11H5BrCl2FN3O/c12-8-2-6(4-17-10(8)14)18-11(19)7-1-5(15)3-16-9(7)13/h1-4H,(H,18,19). The van der Waals surface area contributed by atoms with Crippen molar-refractivity contribution in [3.63, 3.8) is 0 Å². The molecule has 19 heavy (non-hydrogen) atoms. The van der Waals surface area contributed by atoms with E-state index in [1.807, 2.05) is 0 Å². The Labute approximate surface area is 126 Å². The number of carbonyl (C=O) groups is 1. The predicted molar refractivity (Wildman–Crippen MR) is 74.1 cm³/mol. The number of rotatable bonds is 2. The molecule has 0 saturated heterocycles. The van der Waals surface area contributed by atoms with E-state index in [0.29, 0.717) is 10.2 Å². The van der Waals surface area contributed by atoms with Crippen LogP contribution >= 0.6 is 39.1 Å². The van der Waals surface area contributed by atoms with Crippen molar-refractivity contribution in [2.75, 3.05) is 5.32 Å². The molecule has 0 bridgehead atoms. The summed E-state index contributed by atoms with van der Waals surface area (Å²) >= 11 is 14.6. The molecule has 0 aliphatic heterocycles. The normalized spacial score (nSPS) is 10.3. The van der Waals surface area contributed by atoms with Gasteiger partial charge in [0.1, 0.15) is 16.1 Å². The monoisotopic (exact) mass is 363 g/mol. The second-order valence-electron chi connectivity index (χ2n) is 3.44. The number of aromatic nitrogens is 2. The number of nitrogens with one attached hydrogen (secondary N) is 1. The first-order chi connectivity index (χ1) is 8.97. The molecule has 8 heteroatoms. The van der Waals surface area contributed by atoms with E-state index >= 15 is 0 Å². The molecule has 0 fully saturated rings. The fourth-order valence-corrected chi connectivity index (χ4v) is 1.91. The Balaban J connectivity index is 2.25. The molecule has 2 rings (SSSR count). The molecule has 0 unspecified atom stereocenters. The van der Waals surface area contributed by atoms with Crippen molar-refractivity contribution in [3.8, 4) is 0 Å². The van der Waals surface area contributed by atoms with E-state index in [4.69, 9.17) is 23.2 Å². The second kappa shape index (κ2) is 5.81. The van der Waals surface area contributed by atoms with Gasteiger partial charge in [-0.15, -0.1) is 0 Å². The first-order valence-electron chi connectivity index (χ1n) is 4.91. The molecular formula is C11H5BrCl2FN3O. The number of nitrogens with zero attached hydrogens (tertiary/aromatic N) is 2. The summed E-state index contributed by atoms with van der Waals surface area (Å²) in [4.78, 5) is 19.3. The quantitative estimate of drug-likeness (QED) is 0.821. The van der Waals surface area contributed by atoms with Crippen LogP contribution in [-0.2, 0) is 0 Å². The summed E-state index contributed by atoms with van der Waals surface area (Å²) in [5, 5.41) is 2.70. The summed E-state index contributed by atoms with van der Waals surface area (Å²) in [6.45, 7) is 0. The number of hydrogen-bond donors (Lipinski definition) is 1. The van der Waals surface area contributed by atoms with Gasteiger partial charge >= 0.3 is 0 Å². The molecule has 0 radical (unpaired) electrons. The summed E-state index contributed by atoms with van der Waals surface area (Å²) in [7, 11) is 0. The maximum Gasteiger partial charge on any atom is 0.258 e. The predicted octanol–water partition coefficient (Wildman–Crippen LogP) is 3.94. The van der Waals surface area contributed by atoms with E-state index < -0.39 is 11.7 Å². The number of anilines is 1. The van der Waals surface area contributed by atoms with Gasteiger partial charge in [-0.05, 0) is 28.1 Å². The summed E-state index contributed by atoms with van der Waals surface area (Å²) in [6, 6.07) is 2.57. The number of pyridine rings is 2. The third kappa shape index (κ3) is 3.40. The highest BCUT2D eigenvalue weighted by Gasteiger charge is 2.13. The van der Waals surface area contributed by atoms with E-state index in [1.165, 1.54) is 6.20 Å². The first-order valence-corrected chi connectivity index (χ1v) is 6.45. The van der Waals surface area contributed by atoms with E-state index in [9.17, 15) is 9.18 Å². The zero-order chi connectivity index (χ0) is 14.0. The van der Waals surface area contributed by atoms with Crippen molar-refractivity contribution < 1.29 is 9.18 Å². The van der Waals surface area contributed by atoms with Crippen LogP contribution < -0.4 is 5.32 Å². The second-order valence-corrected chi connectivity index (χ2v) is 5.01. The number of carbonyl (C=O) groups excluding carboxylic acids is 1. The molecule has 0 aliphatic carbocycles. The van der Waals surface area contributed by atoms with Crippen LogP contribution in [0.1, 0.15) is 10.4 Å². The van der Waals surface area contributed by atoms with Crippen molar-refractivity contribution in [2.24, 2.45) is 0 Å². The van der Waals surface area contributed by atoms with Crippen molar-refractivity contribution >= 4 is 50.7 Å². The Bertz CT molecular complexity index is 654. The zero-order valence-electron chi connectivity index (χ0n) is 9.12. The van der Waals surface area contributed by atoms with Gasteiger partial charge in [0, 0.05) is 0 Å². The van der Waals surface area contributed by atoms with Crippen molar-refractivity contribution in [1.82, 2.24) is 9.97 Å². The molecule has 2 heterocycles. The molecular weight excluding hydrogens is 360 g/mol. The maximum atomic E-state index is 13.0. The lowest BCUT2D eigenvalue weighted by Gasteiger charge is -2.06. The molecule has 0 aromatic carbocycles. The van der Waals surface area contributed by atoms with E-state index in [0.717, 1.165) is 12.3 Å². The Morgan fingerprint density at radius 3 is 2.58 bits per heavy atom. The van der Waals surface area contributed by atoms with E-state index in [1.54, 1.807) is 6.07 Å². The fourth-order valence-electron chi connectivity index (χ4n) is 1.27. The van der Waals surface area contributed by atoms with Crippen molar-refractivity contribution in [3.05, 3.63) is 50.7 Å². The lowest BCUT2D eigenvalue weighted by Crippen LogP contribution is -2.13. The molecule has 0 saturated carbocycles. The minimum atomic E-state index is -0.648. The molecule has 0 spiro atoms. The van der Waals surface area contributed by atoms with Gasteiger partial charge in [-0.25, -0.2) is 14.4 Å². The molecule has 0 aliphatic rings. The molecule has 1 amide bonds. The van der Waals surface area contributed by atoms with Crippen LogP contribution in [0, 0.1) is 5.82 Å². The summed E-state index contributed by atoms with van der Waals surface area (Å²) in [5.74, 6) is -1.24. The molecule has 1 N–H and O–H groups in total. The van der Waals surface area contributed by atoms with Gasteiger partial charge < -0.3 is 5.32 Å². The molecule has 2 aromatic heterocycles. The number of amides is 1. The van der Waals surface area contributed by atoms with E-state index in [-0.39, 0.29) is 15.9 Å². The van der Waals surface area contributed by atoms with Gasteiger partial charge in [0.25, 0.3) is 5.91 Å². The summed E-state index contributed by atoms with van der Waals surface area (Å²) in [6.07, 6.45) is 2.30. The molecule has 4 nitrogen and oxygen atoms in total. The third-order valence-corrected chi connectivity index (χ3v) is 3.54. The van der Waals surface area contributed by atoms with Gasteiger partial charge in [0.2, 0.25) is 0 Å². The van der Waals surface area contributed by atoms with Crippen LogP contribution in [0.3, 0.4) is 0 Å². The topological polar surface area (TPSA) is 54.9 Å². The lowest BCUT2D eigenvalue weighted by atomic mass is 10.2. The first kappa shape index (κ1) is 14.2. The lowest BCUT2D eigenvalue weighted by molar-refractivity contribution is 0.102. The summed E-state index contributed by atoms with van der Waals surface area (Å²) < 4.78 is 13.5. The van der Waals surface area contributed by atoms with Crippen molar-refractivity contribution in [2.45, 2.75) is 0 Å². The van der Waals surface area contributed by atoms with Gasteiger partial charge in [-0.2, -0.15) is 0 Å². The van der Waals surface area contributed by atoms with Crippen LogP contribution in [0.2, 0.25) is 10.3 Å². The fraction of sp³-hybridized carbons (Fsp3) is 0. The Morgan fingerprint density at radius 1 is 1.21 bits per heavy atom. The van der Waals surface area contributed by atoms with E-state index in [2.05, 4.69) is 31.2 Å². The highest BCUT2D eigenvalue weighted by atomic mass is 79.9. The van der Waals surface area contributed by atoms with Crippen LogP contribution in [-0.4, -0.2) is 15.9 Å². The molecule has 2 aromatic rings. The van der Waals surface area contributed by atoms with Gasteiger partial charge in [-0.1, -0.05) is 23.2 Å². The Hall–Kier alpha value is -1.24. The highest BCUT2D eigenvalue weighted by Crippen LogP contribution is 2.23. The Kier molecular flexibility index (Phi) is 4.34. The largest absolute Gasteiger partial charge is 0.320 e.